The average molecular weight is 403 g/mol. The quantitative estimate of drug-likeness (QED) is 0.756. The first-order chi connectivity index (χ1) is 9.99. The van der Waals surface area contributed by atoms with Gasteiger partial charge in [-0.15, -0.1) is 0 Å². The van der Waals surface area contributed by atoms with Crippen molar-refractivity contribution in [1.29, 1.82) is 0 Å². The van der Waals surface area contributed by atoms with Crippen LogP contribution in [-0.4, -0.2) is 17.3 Å². The summed E-state index contributed by atoms with van der Waals surface area (Å²) in [6, 6.07) is 7.84. The Hall–Kier alpha value is -0.820. The van der Waals surface area contributed by atoms with Gasteiger partial charge in [0.25, 0.3) is 0 Å². The van der Waals surface area contributed by atoms with Gasteiger partial charge in [-0.1, -0.05) is 31.5 Å². The number of ether oxygens (including phenoxy) is 1. The van der Waals surface area contributed by atoms with E-state index in [1.165, 1.54) is 0 Å². The zero-order valence-electron chi connectivity index (χ0n) is 12.2. The molecule has 1 aliphatic rings. The highest BCUT2D eigenvalue weighted by molar-refractivity contribution is 14.1. The number of nitrogens with two attached hydrogens (primary N) is 1. The smallest absolute Gasteiger partial charge is 0.404 e. The molecule has 0 spiro atoms. The average Bonchev–Trinajstić information content (AvgIpc) is 2.47. The molecule has 116 valence electrons. The van der Waals surface area contributed by atoms with Crippen LogP contribution >= 0.6 is 22.6 Å². The molecule has 0 aliphatic heterocycles. The Kier molecular flexibility index (Phi) is 5.48. The summed E-state index contributed by atoms with van der Waals surface area (Å²) in [7, 11) is 0. The summed E-state index contributed by atoms with van der Waals surface area (Å²) in [4.78, 5) is 11.1. The maximum Gasteiger partial charge on any atom is 0.404 e. The van der Waals surface area contributed by atoms with Crippen LogP contribution in [0.15, 0.2) is 24.3 Å². The standard InChI is InChI=1S/C16H22INO3/c1-2-16(20,11-7-3-5-9-13(11)17)12-8-4-6-10-14(12)21-15(18)19/h3,5,7,9,12,14,20H,2,4,6,8,10H2,1H3,(H2,18,19)/t12-,14?,16+/m0/s1. The van der Waals surface area contributed by atoms with Crippen molar-refractivity contribution < 1.29 is 14.6 Å². The van der Waals surface area contributed by atoms with Crippen molar-refractivity contribution >= 4 is 28.7 Å². The van der Waals surface area contributed by atoms with Crippen molar-refractivity contribution in [3.8, 4) is 0 Å². The third kappa shape index (κ3) is 3.51. The number of benzene rings is 1. The molecule has 0 aromatic heterocycles. The summed E-state index contributed by atoms with van der Waals surface area (Å²) in [6.07, 6.45) is 3.16. The zero-order chi connectivity index (χ0) is 15.5. The summed E-state index contributed by atoms with van der Waals surface area (Å²) < 4.78 is 6.32. The van der Waals surface area contributed by atoms with Gasteiger partial charge in [-0.3, -0.25) is 0 Å². The molecule has 1 aliphatic carbocycles. The van der Waals surface area contributed by atoms with E-state index >= 15 is 0 Å². The molecule has 3 N–H and O–H groups in total. The second-order valence-electron chi connectivity index (χ2n) is 5.62. The molecule has 0 saturated heterocycles. The van der Waals surface area contributed by atoms with E-state index in [1.54, 1.807) is 0 Å². The van der Waals surface area contributed by atoms with Crippen molar-refractivity contribution in [1.82, 2.24) is 0 Å². The van der Waals surface area contributed by atoms with Gasteiger partial charge >= 0.3 is 6.09 Å². The van der Waals surface area contributed by atoms with E-state index in [-0.39, 0.29) is 12.0 Å². The van der Waals surface area contributed by atoms with Gasteiger partial charge in [0.15, 0.2) is 0 Å². The Labute approximate surface area is 139 Å². The minimum Gasteiger partial charge on any atom is -0.446 e. The zero-order valence-corrected chi connectivity index (χ0v) is 14.4. The normalized spacial score (nSPS) is 25.1. The number of hydrogen-bond donors (Lipinski definition) is 2. The van der Waals surface area contributed by atoms with Gasteiger partial charge in [0.1, 0.15) is 6.10 Å². The predicted molar refractivity (Wildman–Crippen MR) is 89.8 cm³/mol. The van der Waals surface area contributed by atoms with E-state index in [0.29, 0.717) is 6.42 Å². The van der Waals surface area contributed by atoms with Crippen molar-refractivity contribution in [2.45, 2.75) is 50.7 Å². The Morgan fingerprint density at radius 2 is 2.10 bits per heavy atom. The number of aliphatic hydroxyl groups is 1. The molecule has 1 amide bonds. The van der Waals surface area contributed by atoms with Crippen molar-refractivity contribution in [2.24, 2.45) is 11.7 Å². The fourth-order valence-corrected chi connectivity index (χ4v) is 4.25. The SMILES string of the molecule is CC[C@@](O)(c1ccccc1I)[C@H]1CCCCC1OC(N)=O. The number of primary amides is 1. The molecule has 1 unspecified atom stereocenters. The Balaban J connectivity index is 2.37. The fourth-order valence-electron chi connectivity index (χ4n) is 3.40. The van der Waals surface area contributed by atoms with Crippen LogP contribution < -0.4 is 5.73 Å². The Morgan fingerprint density at radius 3 is 2.71 bits per heavy atom. The molecule has 0 heterocycles. The highest BCUT2D eigenvalue weighted by atomic mass is 127. The first-order valence-corrected chi connectivity index (χ1v) is 8.50. The summed E-state index contributed by atoms with van der Waals surface area (Å²) >= 11 is 2.25. The first-order valence-electron chi connectivity index (χ1n) is 7.42. The lowest BCUT2D eigenvalue weighted by Crippen LogP contribution is -2.46. The molecule has 1 saturated carbocycles. The van der Waals surface area contributed by atoms with Gasteiger partial charge < -0.3 is 15.6 Å². The Morgan fingerprint density at radius 1 is 1.43 bits per heavy atom. The molecule has 1 aromatic rings. The van der Waals surface area contributed by atoms with E-state index in [9.17, 15) is 9.90 Å². The van der Waals surface area contributed by atoms with E-state index in [1.807, 2.05) is 31.2 Å². The van der Waals surface area contributed by atoms with Crippen LogP contribution in [0.1, 0.15) is 44.6 Å². The van der Waals surface area contributed by atoms with Crippen LogP contribution in [0.4, 0.5) is 4.79 Å². The number of hydrogen-bond acceptors (Lipinski definition) is 3. The molecule has 5 heteroatoms. The second kappa shape index (κ2) is 6.96. The third-order valence-corrected chi connectivity index (χ3v) is 5.40. The lowest BCUT2D eigenvalue weighted by molar-refractivity contribution is -0.0974. The maximum atomic E-state index is 11.3. The molecular weight excluding hydrogens is 381 g/mol. The summed E-state index contributed by atoms with van der Waals surface area (Å²) in [5, 5.41) is 11.3. The first kappa shape index (κ1) is 16.5. The summed E-state index contributed by atoms with van der Waals surface area (Å²) in [5.41, 5.74) is 5.12. The molecule has 1 fully saturated rings. The Bertz CT molecular complexity index is 508. The number of carbonyl (C=O) groups is 1. The molecule has 0 bridgehead atoms. The second-order valence-corrected chi connectivity index (χ2v) is 6.79. The van der Waals surface area contributed by atoms with Crippen LogP contribution in [0.2, 0.25) is 0 Å². The van der Waals surface area contributed by atoms with E-state index in [2.05, 4.69) is 22.6 Å². The maximum absolute atomic E-state index is 11.3. The lowest BCUT2D eigenvalue weighted by atomic mass is 9.70. The number of halogens is 1. The van der Waals surface area contributed by atoms with Crippen LogP contribution in [0.5, 0.6) is 0 Å². The molecule has 0 radical (unpaired) electrons. The number of carbonyl (C=O) groups excluding carboxylic acids is 1. The lowest BCUT2D eigenvalue weighted by Gasteiger charge is -2.42. The van der Waals surface area contributed by atoms with Crippen LogP contribution in [0.3, 0.4) is 0 Å². The van der Waals surface area contributed by atoms with Gasteiger partial charge in [-0.2, -0.15) is 0 Å². The van der Waals surface area contributed by atoms with E-state index in [0.717, 1.165) is 34.8 Å². The topological polar surface area (TPSA) is 72.6 Å². The van der Waals surface area contributed by atoms with Crippen molar-refractivity contribution in [2.75, 3.05) is 0 Å². The summed E-state index contributed by atoms with van der Waals surface area (Å²) in [6.45, 7) is 1.97. The fraction of sp³-hybridized carbons (Fsp3) is 0.562. The molecule has 3 atom stereocenters. The van der Waals surface area contributed by atoms with Crippen LogP contribution in [0.25, 0.3) is 0 Å². The van der Waals surface area contributed by atoms with Crippen molar-refractivity contribution in [3.63, 3.8) is 0 Å². The molecular formula is C16H22INO3. The van der Waals surface area contributed by atoms with Crippen LogP contribution in [-0.2, 0) is 10.3 Å². The number of rotatable bonds is 4. The predicted octanol–water partition coefficient (Wildman–Crippen LogP) is 3.54. The molecule has 4 nitrogen and oxygen atoms in total. The van der Waals surface area contributed by atoms with Gasteiger partial charge in [0, 0.05) is 9.49 Å². The minimum atomic E-state index is -0.988. The minimum absolute atomic E-state index is 0.111. The molecule has 21 heavy (non-hydrogen) atoms. The van der Waals surface area contributed by atoms with Gasteiger partial charge in [-0.25, -0.2) is 4.79 Å². The number of amides is 1. The molecule has 2 rings (SSSR count). The molecule has 1 aromatic carbocycles. The largest absolute Gasteiger partial charge is 0.446 e. The summed E-state index contributed by atoms with van der Waals surface area (Å²) in [5.74, 6) is -0.111. The van der Waals surface area contributed by atoms with Gasteiger partial charge in [0.05, 0.1) is 5.60 Å². The van der Waals surface area contributed by atoms with Crippen molar-refractivity contribution in [3.05, 3.63) is 33.4 Å². The monoisotopic (exact) mass is 403 g/mol. The van der Waals surface area contributed by atoms with Gasteiger partial charge in [0.2, 0.25) is 0 Å². The van der Waals surface area contributed by atoms with E-state index in [4.69, 9.17) is 10.5 Å². The highest BCUT2D eigenvalue weighted by Crippen LogP contribution is 2.44. The highest BCUT2D eigenvalue weighted by Gasteiger charge is 2.44. The van der Waals surface area contributed by atoms with Crippen LogP contribution in [0, 0.1) is 9.49 Å². The van der Waals surface area contributed by atoms with Gasteiger partial charge in [-0.05, 0) is 59.9 Å². The third-order valence-electron chi connectivity index (χ3n) is 4.46. The van der Waals surface area contributed by atoms with E-state index < -0.39 is 11.7 Å².